The van der Waals surface area contributed by atoms with E-state index in [4.69, 9.17) is 4.74 Å². The fourth-order valence-electron chi connectivity index (χ4n) is 2.20. The first kappa shape index (κ1) is 19.4. The number of carbonyl (C=O) groups is 2. The van der Waals surface area contributed by atoms with Crippen molar-refractivity contribution in [3.63, 3.8) is 0 Å². The fourth-order valence-corrected chi connectivity index (χ4v) is 2.20. The number of carbonyl (C=O) groups excluding carboxylic acids is 2. The Morgan fingerprint density at radius 3 is 2.58 bits per heavy atom. The SMILES string of the molecule is Cc1ccccc1OCCN(C)C(=O)CNC(=O)c1ccc(F)cc1F. The fraction of sp³-hybridized carbons (Fsp3) is 0.263. The summed E-state index contributed by atoms with van der Waals surface area (Å²) in [6.07, 6.45) is 0. The van der Waals surface area contributed by atoms with Crippen molar-refractivity contribution in [3.05, 3.63) is 65.2 Å². The van der Waals surface area contributed by atoms with E-state index in [1.54, 1.807) is 7.05 Å². The van der Waals surface area contributed by atoms with Gasteiger partial charge in [-0.1, -0.05) is 18.2 Å². The lowest BCUT2D eigenvalue weighted by molar-refractivity contribution is -0.129. The van der Waals surface area contributed by atoms with Gasteiger partial charge in [0.1, 0.15) is 24.0 Å². The van der Waals surface area contributed by atoms with E-state index in [-0.39, 0.29) is 18.0 Å². The van der Waals surface area contributed by atoms with Crippen LogP contribution in [0.15, 0.2) is 42.5 Å². The number of aryl methyl sites for hydroxylation is 1. The predicted octanol–water partition coefficient (Wildman–Crippen LogP) is 2.54. The minimum atomic E-state index is -0.977. The number of hydrogen-bond donors (Lipinski definition) is 1. The third-order valence-electron chi connectivity index (χ3n) is 3.78. The molecule has 7 heteroatoms. The molecule has 26 heavy (non-hydrogen) atoms. The summed E-state index contributed by atoms with van der Waals surface area (Å²) >= 11 is 0. The lowest BCUT2D eigenvalue weighted by atomic mass is 10.2. The second-order valence-corrected chi connectivity index (χ2v) is 5.74. The van der Waals surface area contributed by atoms with Gasteiger partial charge in [0.25, 0.3) is 5.91 Å². The van der Waals surface area contributed by atoms with Crippen molar-refractivity contribution in [3.8, 4) is 5.75 Å². The zero-order valence-corrected chi connectivity index (χ0v) is 14.6. The van der Waals surface area contributed by atoms with Gasteiger partial charge in [-0.2, -0.15) is 0 Å². The van der Waals surface area contributed by atoms with E-state index in [1.165, 1.54) is 4.90 Å². The minimum absolute atomic E-state index is 0.295. The molecule has 2 aromatic carbocycles. The van der Waals surface area contributed by atoms with Gasteiger partial charge in [-0.25, -0.2) is 8.78 Å². The molecule has 2 amide bonds. The van der Waals surface area contributed by atoms with Crippen LogP contribution in [-0.2, 0) is 4.79 Å². The number of halogens is 2. The van der Waals surface area contributed by atoms with Gasteiger partial charge >= 0.3 is 0 Å². The molecule has 0 saturated carbocycles. The molecular formula is C19H20F2N2O3. The number of hydrogen-bond acceptors (Lipinski definition) is 3. The Kier molecular flexibility index (Phi) is 6.66. The summed E-state index contributed by atoms with van der Waals surface area (Å²) in [5.74, 6) is -2.14. The number of benzene rings is 2. The molecule has 0 aromatic heterocycles. The van der Waals surface area contributed by atoms with Gasteiger partial charge in [-0.15, -0.1) is 0 Å². The second-order valence-electron chi connectivity index (χ2n) is 5.74. The van der Waals surface area contributed by atoms with E-state index >= 15 is 0 Å². The average molecular weight is 362 g/mol. The van der Waals surface area contributed by atoms with Crippen LogP contribution in [0.3, 0.4) is 0 Å². The van der Waals surface area contributed by atoms with E-state index in [1.807, 2.05) is 31.2 Å². The van der Waals surface area contributed by atoms with Crippen molar-refractivity contribution in [1.82, 2.24) is 10.2 Å². The quantitative estimate of drug-likeness (QED) is 0.824. The van der Waals surface area contributed by atoms with Gasteiger partial charge in [-0.3, -0.25) is 9.59 Å². The smallest absolute Gasteiger partial charge is 0.254 e. The van der Waals surface area contributed by atoms with E-state index in [0.717, 1.165) is 23.4 Å². The minimum Gasteiger partial charge on any atom is -0.491 e. The molecule has 138 valence electrons. The molecule has 0 aliphatic carbocycles. The molecule has 0 radical (unpaired) electrons. The number of amides is 2. The topological polar surface area (TPSA) is 58.6 Å². The molecule has 1 N–H and O–H groups in total. The number of ether oxygens (including phenoxy) is 1. The molecule has 2 rings (SSSR count). The van der Waals surface area contributed by atoms with E-state index in [2.05, 4.69) is 5.32 Å². The highest BCUT2D eigenvalue weighted by Gasteiger charge is 2.15. The highest BCUT2D eigenvalue weighted by atomic mass is 19.1. The van der Waals surface area contributed by atoms with Crippen LogP contribution in [0.1, 0.15) is 15.9 Å². The zero-order chi connectivity index (χ0) is 19.1. The summed E-state index contributed by atoms with van der Waals surface area (Å²) in [4.78, 5) is 25.3. The van der Waals surface area contributed by atoms with E-state index in [9.17, 15) is 18.4 Å². The monoisotopic (exact) mass is 362 g/mol. The van der Waals surface area contributed by atoms with Crippen LogP contribution in [-0.4, -0.2) is 43.5 Å². The van der Waals surface area contributed by atoms with E-state index in [0.29, 0.717) is 19.2 Å². The van der Waals surface area contributed by atoms with Crippen LogP contribution in [0.5, 0.6) is 5.75 Å². The molecule has 0 aliphatic rings. The summed E-state index contributed by atoms with van der Waals surface area (Å²) in [5, 5.41) is 2.32. The van der Waals surface area contributed by atoms with Crippen molar-refractivity contribution in [2.24, 2.45) is 0 Å². The Morgan fingerprint density at radius 2 is 1.88 bits per heavy atom. The Bertz CT molecular complexity index is 796. The van der Waals surface area contributed by atoms with Crippen molar-refractivity contribution in [1.29, 1.82) is 0 Å². The van der Waals surface area contributed by atoms with Gasteiger partial charge in [0.2, 0.25) is 5.91 Å². The Morgan fingerprint density at radius 1 is 1.15 bits per heavy atom. The summed E-state index contributed by atoms with van der Waals surface area (Å²) in [6.45, 7) is 2.26. The number of nitrogens with one attached hydrogen (secondary N) is 1. The highest BCUT2D eigenvalue weighted by Crippen LogP contribution is 2.15. The van der Waals surface area contributed by atoms with Crippen molar-refractivity contribution < 1.29 is 23.1 Å². The van der Waals surface area contributed by atoms with Crippen LogP contribution in [0, 0.1) is 18.6 Å². The van der Waals surface area contributed by atoms with Gasteiger partial charge in [0.15, 0.2) is 0 Å². The lowest BCUT2D eigenvalue weighted by Crippen LogP contribution is -2.40. The Balaban J connectivity index is 1.78. The van der Waals surface area contributed by atoms with Crippen LogP contribution >= 0.6 is 0 Å². The van der Waals surface area contributed by atoms with Crippen molar-refractivity contribution in [2.75, 3.05) is 26.7 Å². The molecule has 0 heterocycles. The van der Waals surface area contributed by atoms with Crippen LogP contribution in [0.2, 0.25) is 0 Å². The average Bonchev–Trinajstić information content (AvgIpc) is 2.60. The molecule has 2 aromatic rings. The molecule has 0 spiro atoms. The first-order valence-electron chi connectivity index (χ1n) is 8.04. The Labute approximate surface area is 150 Å². The molecule has 0 bridgehead atoms. The molecule has 5 nitrogen and oxygen atoms in total. The molecule has 0 unspecified atom stereocenters. The summed E-state index contributed by atoms with van der Waals surface area (Å²) < 4.78 is 32.0. The lowest BCUT2D eigenvalue weighted by Gasteiger charge is -2.18. The largest absolute Gasteiger partial charge is 0.491 e. The highest BCUT2D eigenvalue weighted by molar-refractivity contribution is 5.96. The molecule has 0 aliphatic heterocycles. The maximum atomic E-state index is 13.5. The van der Waals surface area contributed by atoms with Crippen molar-refractivity contribution in [2.45, 2.75) is 6.92 Å². The van der Waals surface area contributed by atoms with Crippen LogP contribution in [0.25, 0.3) is 0 Å². The third kappa shape index (κ3) is 5.27. The van der Waals surface area contributed by atoms with Crippen LogP contribution in [0.4, 0.5) is 8.78 Å². The maximum Gasteiger partial charge on any atom is 0.254 e. The number of rotatable bonds is 7. The third-order valence-corrected chi connectivity index (χ3v) is 3.78. The molecule has 0 atom stereocenters. The first-order valence-corrected chi connectivity index (χ1v) is 8.04. The predicted molar refractivity (Wildman–Crippen MR) is 93.0 cm³/mol. The second kappa shape index (κ2) is 8.94. The Hall–Kier alpha value is -2.96. The van der Waals surface area contributed by atoms with Gasteiger partial charge < -0.3 is 15.0 Å². The van der Waals surface area contributed by atoms with Crippen LogP contribution < -0.4 is 10.1 Å². The van der Waals surface area contributed by atoms with E-state index < -0.39 is 17.5 Å². The molecular weight excluding hydrogens is 342 g/mol. The standard InChI is InChI=1S/C19H20F2N2O3/c1-13-5-3-4-6-17(13)26-10-9-23(2)18(24)12-22-19(25)15-8-7-14(20)11-16(15)21/h3-8,11H,9-10,12H2,1-2H3,(H,22,25). The maximum absolute atomic E-state index is 13.5. The number of likely N-dealkylation sites (N-methyl/N-ethyl adjacent to an activating group) is 1. The van der Waals surface area contributed by atoms with Gasteiger partial charge in [0, 0.05) is 13.1 Å². The summed E-state index contributed by atoms with van der Waals surface area (Å²) in [6, 6.07) is 10.2. The summed E-state index contributed by atoms with van der Waals surface area (Å²) in [5.41, 5.74) is 0.680. The first-order chi connectivity index (χ1) is 12.4. The number of nitrogens with zero attached hydrogens (tertiary/aromatic N) is 1. The van der Waals surface area contributed by atoms with Crippen molar-refractivity contribution >= 4 is 11.8 Å². The normalized spacial score (nSPS) is 10.3. The van der Waals surface area contributed by atoms with Gasteiger partial charge in [-0.05, 0) is 30.7 Å². The summed E-state index contributed by atoms with van der Waals surface area (Å²) in [7, 11) is 1.58. The van der Waals surface area contributed by atoms with Gasteiger partial charge in [0.05, 0.1) is 18.7 Å². The zero-order valence-electron chi connectivity index (χ0n) is 14.6. The molecule has 0 fully saturated rings. The molecule has 0 saturated heterocycles. The number of para-hydroxylation sites is 1.